The van der Waals surface area contributed by atoms with E-state index in [4.69, 9.17) is 5.21 Å². The SMILES string of the molecule is CCCCN(CC)c1ccc(NO)c(C)c1. The van der Waals surface area contributed by atoms with E-state index in [1.165, 1.54) is 18.5 Å². The van der Waals surface area contributed by atoms with Gasteiger partial charge in [0.15, 0.2) is 0 Å². The van der Waals surface area contributed by atoms with Crippen LogP contribution in [0.3, 0.4) is 0 Å². The molecule has 0 aromatic heterocycles. The van der Waals surface area contributed by atoms with Gasteiger partial charge in [0.05, 0.1) is 5.69 Å². The van der Waals surface area contributed by atoms with Gasteiger partial charge in [0, 0.05) is 18.8 Å². The Kier molecular flexibility index (Phi) is 5.12. The summed E-state index contributed by atoms with van der Waals surface area (Å²) in [6.07, 6.45) is 2.43. The van der Waals surface area contributed by atoms with Gasteiger partial charge in [-0.2, -0.15) is 0 Å². The molecule has 0 aliphatic carbocycles. The molecule has 0 amide bonds. The lowest BCUT2D eigenvalue weighted by molar-refractivity contribution is 0.388. The molecule has 0 unspecified atom stereocenters. The molecular weight excluding hydrogens is 200 g/mol. The Morgan fingerprint density at radius 3 is 2.56 bits per heavy atom. The summed E-state index contributed by atoms with van der Waals surface area (Å²) in [6, 6.07) is 6.07. The average molecular weight is 222 g/mol. The normalized spacial score (nSPS) is 10.2. The van der Waals surface area contributed by atoms with E-state index < -0.39 is 0 Å². The van der Waals surface area contributed by atoms with Crippen LogP contribution in [0, 0.1) is 6.92 Å². The third kappa shape index (κ3) is 3.14. The maximum Gasteiger partial charge on any atom is 0.0632 e. The first-order valence-electron chi connectivity index (χ1n) is 5.98. The average Bonchev–Trinajstić information content (AvgIpc) is 2.30. The van der Waals surface area contributed by atoms with Crippen molar-refractivity contribution in [1.82, 2.24) is 0 Å². The quantitative estimate of drug-likeness (QED) is 0.724. The maximum atomic E-state index is 8.88. The lowest BCUT2D eigenvalue weighted by Crippen LogP contribution is -2.23. The van der Waals surface area contributed by atoms with Crippen molar-refractivity contribution in [3.63, 3.8) is 0 Å². The van der Waals surface area contributed by atoms with Crippen LogP contribution in [0.1, 0.15) is 32.3 Å². The molecule has 0 saturated carbocycles. The van der Waals surface area contributed by atoms with Gasteiger partial charge < -0.3 is 4.90 Å². The van der Waals surface area contributed by atoms with Gasteiger partial charge in [-0.25, -0.2) is 0 Å². The first-order valence-corrected chi connectivity index (χ1v) is 5.98. The Morgan fingerprint density at radius 1 is 1.31 bits per heavy atom. The number of anilines is 2. The molecule has 2 N–H and O–H groups in total. The van der Waals surface area contributed by atoms with E-state index in [1.807, 2.05) is 19.1 Å². The highest BCUT2D eigenvalue weighted by Crippen LogP contribution is 2.22. The molecule has 0 bridgehead atoms. The summed E-state index contributed by atoms with van der Waals surface area (Å²) >= 11 is 0. The van der Waals surface area contributed by atoms with E-state index in [-0.39, 0.29) is 0 Å². The minimum absolute atomic E-state index is 0.773. The van der Waals surface area contributed by atoms with E-state index in [0.29, 0.717) is 0 Å². The van der Waals surface area contributed by atoms with E-state index in [0.717, 1.165) is 24.3 Å². The molecule has 3 nitrogen and oxygen atoms in total. The smallest absolute Gasteiger partial charge is 0.0632 e. The van der Waals surface area contributed by atoms with Gasteiger partial charge >= 0.3 is 0 Å². The van der Waals surface area contributed by atoms with Gasteiger partial charge in [0.25, 0.3) is 0 Å². The number of rotatable bonds is 6. The number of hydrogen-bond donors (Lipinski definition) is 2. The largest absolute Gasteiger partial charge is 0.372 e. The Labute approximate surface area is 98.0 Å². The molecule has 0 aliphatic heterocycles. The van der Waals surface area contributed by atoms with Crippen LogP contribution in [0.4, 0.5) is 11.4 Å². The van der Waals surface area contributed by atoms with E-state index >= 15 is 0 Å². The molecule has 16 heavy (non-hydrogen) atoms. The van der Waals surface area contributed by atoms with Crippen molar-refractivity contribution >= 4 is 11.4 Å². The van der Waals surface area contributed by atoms with Crippen LogP contribution in [-0.2, 0) is 0 Å². The third-order valence-electron chi connectivity index (χ3n) is 2.86. The van der Waals surface area contributed by atoms with Crippen molar-refractivity contribution in [3.8, 4) is 0 Å². The van der Waals surface area contributed by atoms with Crippen molar-refractivity contribution < 1.29 is 5.21 Å². The van der Waals surface area contributed by atoms with E-state index in [1.54, 1.807) is 0 Å². The zero-order chi connectivity index (χ0) is 12.0. The molecule has 0 fully saturated rings. The third-order valence-corrected chi connectivity index (χ3v) is 2.86. The van der Waals surface area contributed by atoms with Gasteiger partial charge in [0.2, 0.25) is 0 Å². The molecule has 0 atom stereocenters. The van der Waals surface area contributed by atoms with Crippen molar-refractivity contribution in [2.45, 2.75) is 33.6 Å². The fraction of sp³-hybridized carbons (Fsp3) is 0.538. The molecule has 1 aromatic carbocycles. The Hall–Kier alpha value is -1.22. The molecule has 90 valence electrons. The lowest BCUT2D eigenvalue weighted by atomic mass is 10.1. The number of aryl methyl sites for hydroxylation is 1. The summed E-state index contributed by atoms with van der Waals surface area (Å²) in [5.74, 6) is 0. The standard InChI is InChI=1S/C13H22N2O/c1-4-6-9-15(5-2)12-7-8-13(14-16)11(3)10-12/h7-8,10,14,16H,4-6,9H2,1-3H3. The van der Waals surface area contributed by atoms with Crippen LogP contribution < -0.4 is 10.4 Å². The first-order chi connectivity index (χ1) is 7.72. The molecule has 1 aromatic rings. The second-order valence-electron chi connectivity index (χ2n) is 4.04. The predicted octanol–water partition coefficient (Wildman–Crippen LogP) is 3.42. The second kappa shape index (κ2) is 6.38. The van der Waals surface area contributed by atoms with Crippen LogP contribution in [-0.4, -0.2) is 18.3 Å². The zero-order valence-electron chi connectivity index (χ0n) is 10.5. The van der Waals surface area contributed by atoms with Gasteiger partial charge in [-0.1, -0.05) is 13.3 Å². The van der Waals surface area contributed by atoms with Crippen molar-refractivity contribution in [3.05, 3.63) is 23.8 Å². The van der Waals surface area contributed by atoms with Crippen LogP contribution in [0.5, 0.6) is 0 Å². The molecular formula is C13H22N2O. The molecule has 3 heteroatoms. The molecule has 0 radical (unpaired) electrons. The highest BCUT2D eigenvalue weighted by Gasteiger charge is 2.05. The topological polar surface area (TPSA) is 35.5 Å². The number of unbranched alkanes of at least 4 members (excludes halogenated alkanes) is 1. The van der Waals surface area contributed by atoms with Crippen molar-refractivity contribution in [1.29, 1.82) is 0 Å². The van der Waals surface area contributed by atoms with Gasteiger partial charge in [-0.15, -0.1) is 0 Å². The highest BCUT2D eigenvalue weighted by molar-refractivity contribution is 5.59. The highest BCUT2D eigenvalue weighted by atomic mass is 16.5. The fourth-order valence-electron chi connectivity index (χ4n) is 1.79. The lowest BCUT2D eigenvalue weighted by Gasteiger charge is -2.23. The number of nitrogens with one attached hydrogen (secondary N) is 1. The Morgan fingerprint density at radius 2 is 2.06 bits per heavy atom. The fourth-order valence-corrected chi connectivity index (χ4v) is 1.79. The zero-order valence-corrected chi connectivity index (χ0v) is 10.5. The Bertz CT molecular complexity index is 326. The summed E-state index contributed by atoms with van der Waals surface area (Å²) < 4.78 is 0. The summed E-state index contributed by atoms with van der Waals surface area (Å²) in [5.41, 5.74) is 5.27. The predicted molar refractivity (Wildman–Crippen MR) is 69.4 cm³/mol. The molecule has 0 saturated heterocycles. The minimum Gasteiger partial charge on any atom is -0.372 e. The minimum atomic E-state index is 0.773. The van der Waals surface area contributed by atoms with Crippen LogP contribution in [0.15, 0.2) is 18.2 Å². The number of hydrogen-bond acceptors (Lipinski definition) is 3. The Balaban J connectivity index is 2.80. The van der Waals surface area contributed by atoms with Crippen molar-refractivity contribution in [2.24, 2.45) is 0 Å². The van der Waals surface area contributed by atoms with Gasteiger partial charge in [0.1, 0.15) is 0 Å². The number of benzene rings is 1. The molecule has 0 aliphatic rings. The number of nitrogens with zero attached hydrogens (tertiary/aromatic N) is 1. The molecule has 1 rings (SSSR count). The maximum absolute atomic E-state index is 8.88. The van der Waals surface area contributed by atoms with Crippen LogP contribution in [0.25, 0.3) is 0 Å². The van der Waals surface area contributed by atoms with E-state index in [2.05, 4.69) is 30.3 Å². The summed E-state index contributed by atoms with van der Waals surface area (Å²) in [5, 5.41) is 8.88. The second-order valence-corrected chi connectivity index (χ2v) is 4.04. The molecule has 0 spiro atoms. The summed E-state index contributed by atoms with van der Waals surface area (Å²) in [7, 11) is 0. The van der Waals surface area contributed by atoms with Gasteiger partial charge in [-0.05, 0) is 44.0 Å². The van der Waals surface area contributed by atoms with E-state index in [9.17, 15) is 0 Å². The van der Waals surface area contributed by atoms with Gasteiger partial charge in [-0.3, -0.25) is 10.7 Å². The molecule has 0 heterocycles. The van der Waals surface area contributed by atoms with Crippen LogP contribution in [0.2, 0.25) is 0 Å². The summed E-state index contributed by atoms with van der Waals surface area (Å²) in [4.78, 5) is 2.36. The first kappa shape index (κ1) is 12.8. The van der Waals surface area contributed by atoms with Crippen molar-refractivity contribution in [2.75, 3.05) is 23.5 Å². The monoisotopic (exact) mass is 222 g/mol. The summed E-state index contributed by atoms with van der Waals surface area (Å²) in [6.45, 7) is 8.49. The van der Waals surface area contributed by atoms with Crippen LogP contribution >= 0.6 is 0 Å².